The second kappa shape index (κ2) is 4.94. The molecule has 0 spiro atoms. The van der Waals surface area contributed by atoms with Crippen molar-refractivity contribution in [3.8, 4) is 0 Å². The molecule has 1 aliphatic rings. The number of amides is 1. The minimum Gasteiger partial charge on any atom is -0.369 e. The Morgan fingerprint density at radius 1 is 1.47 bits per heavy atom. The fourth-order valence-electron chi connectivity index (χ4n) is 1.90. The van der Waals surface area contributed by atoms with Crippen LogP contribution in [0.3, 0.4) is 0 Å². The Balaban J connectivity index is 2.33. The summed E-state index contributed by atoms with van der Waals surface area (Å²) in [6.45, 7) is 4.37. The molecule has 1 rings (SSSR count). The lowest BCUT2D eigenvalue weighted by molar-refractivity contribution is -0.125. The summed E-state index contributed by atoms with van der Waals surface area (Å²) in [7, 11) is 0. The van der Waals surface area contributed by atoms with Crippen LogP contribution in [0.25, 0.3) is 0 Å². The third kappa shape index (κ3) is 3.80. The smallest absolute Gasteiger partial charge is 0.224 e. The van der Waals surface area contributed by atoms with Gasteiger partial charge in [0.15, 0.2) is 0 Å². The van der Waals surface area contributed by atoms with Crippen LogP contribution in [0.5, 0.6) is 0 Å². The highest BCUT2D eigenvalue weighted by Gasteiger charge is 2.27. The lowest BCUT2D eigenvalue weighted by Crippen LogP contribution is -2.46. The van der Waals surface area contributed by atoms with Gasteiger partial charge in [-0.05, 0) is 33.1 Å². The van der Waals surface area contributed by atoms with Crippen molar-refractivity contribution in [3.63, 3.8) is 0 Å². The molecule has 1 saturated carbocycles. The first-order valence-corrected chi connectivity index (χ1v) is 5.70. The van der Waals surface area contributed by atoms with E-state index in [0.29, 0.717) is 18.6 Å². The molecular weight excluding hydrogens is 190 g/mol. The topological polar surface area (TPSA) is 81.1 Å². The normalized spacial score (nSPS) is 27.7. The summed E-state index contributed by atoms with van der Waals surface area (Å²) < 4.78 is 0. The molecule has 2 unspecified atom stereocenters. The third-order valence-corrected chi connectivity index (χ3v) is 3.21. The summed E-state index contributed by atoms with van der Waals surface area (Å²) in [6.07, 6.45) is 4.46. The molecule has 2 atom stereocenters. The molecule has 88 valence electrons. The van der Waals surface area contributed by atoms with E-state index in [9.17, 15) is 4.79 Å². The molecule has 0 heterocycles. The Morgan fingerprint density at radius 2 is 2.13 bits per heavy atom. The maximum atomic E-state index is 11.1. The highest BCUT2D eigenvalue weighted by Crippen LogP contribution is 2.19. The molecule has 0 saturated heterocycles. The van der Waals surface area contributed by atoms with E-state index in [4.69, 9.17) is 11.5 Å². The van der Waals surface area contributed by atoms with Crippen LogP contribution in [0.2, 0.25) is 0 Å². The van der Waals surface area contributed by atoms with Crippen molar-refractivity contribution in [1.82, 2.24) is 5.32 Å². The van der Waals surface area contributed by atoms with Gasteiger partial charge in [-0.1, -0.05) is 6.42 Å². The van der Waals surface area contributed by atoms with E-state index in [-0.39, 0.29) is 5.91 Å². The Hall–Kier alpha value is -0.610. The van der Waals surface area contributed by atoms with E-state index in [1.165, 1.54) is 6.42 Å². The Labute approximate surface area is 91.8 Å². The second-order valence-electron chi connectivity index (χ2n) is 5.25. The number of nitrogens with two attached hydrogens (primary N) is 2. The van der Waals surface area contributed by atoms with E-state index >= 15 is 0 Å². The first-order valence-electron chi connectivity index (χ1n) is 5.70. The van der Waals surface area contributed by atoms with Gasteiger partial charge >= 0.3 is 0 Å². The number of primary amides is 1. The standard InChI is InChI=1S/C11H23N3O/c1-11(2,10(13)15)7-14-9-5-3-4-8(12)6-9/h8-9,14H,3-7,12H2,1-2H3,(H2,13,15). The maximum absolute atomic E-state index is 11.1. The van der Waals surface area contributed by atoms with Crippen LogP contribution in [0.15, 0.2) is 0 Å². The van der Waals surface area contributed by atoms with Gasteiger partial charge in [0, 0.05) is 18.6 Å². The van der Waals surface area contributed by atoms with Crippen LogP contribution < -0.4 is 16.8 Å². The molecule has 0 aromatic heterocycles. The van der Waals surface area contributed by atoms with E-state index in [1.54, 1.807) is 0 Å². The zero-order valence-electron chi connectivity index (χ0n) is 9.75. The predicted octanol–water partition coefficient (Wildman–Crippen LogP) is 0.357. The number of carbonyl (C=O) groups excluding carboxylic acids is 1. The number of nitrogens with one attached hydrogen (secondary N) is 1. The first-order chi connectivity index (χ1) is 6.92. The summed E-state index contributed by atoms with van der Waals surface area (Å²) in [5.41, 5.74) is 10.7. The predicted molar refractivity (Wildman–Crippen MR) is 61.2 cm³/mol. The van der Waals surface area contributed by atoms with Crippen molar-refractivity contribution in [2.45, 2.75) is 51.6 Å². The fourth-order valence-corrected chi connectivity index (χ4v) is 1.90. The van der Waals surface area contributed by atoms with Gasteiger partial charge in [-0.25, -0.2) is 0 Å². The SMILES string of the molecule is CC(C)(CNC1CCCC(N)C1)C(N)=O. The molecule has 15 heavy (non-hydrogen) atoms. The van der Waals surface area contributed by atoms with Crippen LogP contribution in [0.4, 0.5) is 0 Å². The quantitative estimate of drug-likeness (QED) is 0.630. The Morgan fingerprint density at radius 3 is 2.67 bits per heavy atom. The van der Waals surface area contributed by atoms with Crippen molar-refractivity contribution in [3.05, 3.63) is 0 Å². The molecule has 1 fully saturated rings. The van der Waals surface area contributed by atoms with Gasteiger partial charge in [0.25, 0.3) is 0 Å². The molecule has 5 N–H and O–H groups in total. The van der Waals surface area contributed by atoms with Gasteiger partial charge in [0.05, 0.1) is 5.41 Å². The molecular formula is C11H23N3O. The number of carbonyl (C=O) groups is 1. The molecule has 0 aromatic rings. The molecule has 1 aliphatic carbocycles. The van der Waals surface area contributed by atoms with Crippen LogP contribution >= 0.6 is 0 Å². The second-order valence-corrected chi connectivity index (χ2v) is 5.25. The zero-order chi connectivity index (χ0) is 11.5. The summed E-state index contributed by atoms with van der Waals surface area (Å²) in [5, 5.41) is 3.39. The average molecular weight is 213 g/mol. The zero-order valence-corrected chi connectivity index (χ0v) is 9.75. The number of hydrogen-bond donors (Lipinski definition) is 3. The van der Waals surface area contributed by atoms with Gasteiger partial charge in [-0.2, -0.15) is 0 Å². The van der Waals surface area contributed by atoms with Crippen molar-refractivity contribution in [2.24, 2.45) is 16.9 Å². The maximum Gasteiger partial charge on any atom is 0.224 e. The summed E-state index contributed by atoms with van der Waals surface area (Å²) in [6, 6.07) is 0.764. The lowest BCUT2D eigenvalue weighted by atomic mass is 9.88. The molecule has 0 aliphatic heterocycles. The summed E-state index contributed by atoms with van der Waals surface area (Å²) in [4.78, 5) is 11.1. The highest BCUT2D eigenvalue weighted by atomic mass is 16.1. The summed E-state index contributed by atoms with van der Waals surface area (Å²) in [5.74, 6) is -0.255. The van der Waals surface area contributed by atoms with Crippen molar-refractivity contribution >= 4 is 5.91 Å². The van der Waals surface area contributed by atoms with Crippen molar-refractivity contribution < 1.29 is 4.79 Å². The molecule has 4 nitrogen and oxygen atoms in total. The van der Waals surface area contributed by atoms with Crippen molar-refractivity contribution in [1.29, 1.82) is 0 Å². The van der Waals surface area contributed by atoms with Gasteiger partial charge in [0.1, 0.15) is 0 Å². The monoisotopic (exact) mass is 213 g/mol. The average Bonchev–Trinajstić information content (AvgIpc) is 2.15. The number of rotatable bonds is 4. The van der Waals surface area contributed by atoms with E-state index in [2.05, 4.69) is 5.32 Å². The minimum absolute atomic E-state index is 0.255. The van der Waals surface area contributed by atoms with E-state index in [0.717, 1.165) is 19.3 Å². The first kappa shape index (κ1) is 12.5. The molecule has 0 radical (unpaired) electrons. The lowest BCUT2D eigenvalue weighted by Gasteiger charge is -2.30. The molecule has 0 aromatic carbocycles. The van der Waals surface area contributed by atoms with Crippen LogP contribution in [-0.2, 0) is 4.79 Å². The molecule has 4 heteroatoms. The Kier molecular flexibility index (Phi) is 4.11. The molecule has 0 bridgehead atoms. The number of hydrogen-bond acceptors (Lipinski definition) is 3. The van der Waals surface area contributed by atoms with E-state index < -0.39 is 5.41 Å². The highest BCUT2D eigenvalue weighted by molar-refractivity contribution is 5.80. The van der Waals surface area contributed by atoms with Gasteiger partial charge < -0.3 is 16.8 Å². The van der Waals surface area contributed by atoms with Gasteiger partial charge in [-0.3, -0.25) is 4.79 Å². The van der Waals surface area contributed by atoms with E-state index in [1.807, 2.05) is 13.8 Å². The van der Waals surface area contributed by atoms with Gasteiger partial charge in [0.2, 0.25) is 5.91 Å². The minimum atomic E-state index is -0.471. The molecule has 1 amide bonds. The third-order valence-electron chi connectivity index (χ3n) is 3.21. The Bertz CT molecular complexity index is 228. The fraction of sp³-hybridized carbons (Fsp3) is 0.909. The van der Waals surface area contributed by atoms with Crippen LogP contribution in [-0.4, -0.2) is 24.5 Å². The van der Waals surface area contributed by atoms with Crippen molar-refractivity contribution in [2.75, 3.05) is 6.54 Å². The summed E-state index contributed by atoms with van der Waals surface area (Å²) >= 11 is 0. The largest absolute Gasteiger partial charge is 0.369 e. The van der Waals surface area contributed by atoms with Crippen LogP contribution in [0.1, 0.15) is 39.5 Å². The van der Waals surface area contributed by atoms with Gasteiger partial charge in [-0.15, -0.1) is 0 Å². The van der Waals surface area contributed by atoms with Crippen LogP contribution in [0, 0.1) is 5.41 Å².